The van der Waals surface area contributed by atoms with Crippen LogP contribution in [0.5, 0.6) is 5.75 Å². The number of nitrogens with one attached hydrogen (secondary N) is 1. The molecule has 2 aliphatic rings. The molecule has 0 bridgehead atoms. The van der Waals surface area contributed by atoms with E-state index >= 15 is 0 Å². The van der Waals surface area contributed by atoms with E-state index in [0.29, 0.717) is 12.0 Å². The minimum atomic E-state index is -0.626. The van der Waals surface area contributed by atoms with Crippen molar-refractivity contribution in [3.8, 4) is 5.75 Å². The molecule has 23 heavy (non-hydrogen) atoms. The van der Waals surface area contributed by atoms with Crippen LogP contribution in [0.25, 0.3) is 0 Å². The van der Waals surface area contributed by atoms with Gasteiger partial charge in [0.05, 0.1) is 13.0 Å². The Morgan fingerprint density at radius 3 is 2.74 bits per heavy atom. The minimum Gasteiger partial charge on any atom is -0.497 e. The first-order valence-corrected chi connectivity index (χ1v) is 8.80. The summed E-state index contributed by atoms with van der Waals surface area (Å²) in [5, 5.41) is 12.8. The average Bonchev–Trinajstić information content (AvgIpc) is 2.59. The van der Waals surface area contributed by atoms with Crippen LogP contribution >= 0.6 is 0 Å². The molecule has 4 heteroatoms. The minimum absolute atomic E-state index is 0.129. The Bertz CT molecular complexity index is 550. The zero-order chi connectivity index (χ0) is 16.2. The van der Waals surface area contributed by atoms with E-state index in [1.165, 1.54) is 24.0 Å². The van der Waals surface area contributed by atoms with Crippen molar-refractivity contribution in [2.75, 3.05) is 13.7 Å². The fraction of sp³-hybridized carbons (Fsp3) is 0.632. The maximum atomic E-state index is 11.0. The van der Waals surface area contributed by atoms with Crippen LogP contribution < -0.4 is 10.1 Å². The van der Waals surface area contributed by atoms with Gasteiger partial charge in [-0.1, -0.05) is 6.07 Å². The number of carboxylic acid groups (broad SMARTS) is 1. The SMILES string of the molecule is COc1ccc2c(c1)CCCC2CNC1CCC(C(=O)O)CC1. The van der Waals surface area contributed by atoms with Crippen molar-refractivity contribution in [3.63, 3.8) is 0 Å². The van der Waals surface area contributed by atoms with E-state index in [0.717, 1.165) is 44.4 Å². The summed E-state index contributed by atoms with van der Waals surface area (Å²) in [7, 11) is 1.72. The molecule has 1 fully saturated rings. The normalized spacial score (nSPS) is 27.3. The van der Waals surface area contributed by atoms with E-state index in [1.54, 1.807) is 7.11 Å². The number of aryl methyl sites for hydroxylation is 1. The molecule has 0 aliphatic heterocycles. The monoisotopic (exact) mass is 317 g/mol. The summed E-state index contributed by atoms with van der Waals surface area (Å²) in [6, 6.07) is 6.95. The molecule has 126 valence electrons. The number of carboxylic acids is 1. The summed E-state index contributed by atoms with van der Waals surface area (Å²) in [5.74, 6) is 0.765. The van der Waals surface area contributed by atoms with Crippen molar-refractivity contribution in [2.24, 2.45) is 5.92 Å². The molecule has 1 aromatic carbocycles. The Balaban J connectivity index is 1.55. The smallest absolute Gasteiger partial charge is 0.306 e. The number of rotatable bonds is 5. The molecule has 2 N–H and O–H groups in total. The molecule has 1 aromatic rings. The van der Waals surface area contributed by atoms with Crippen LogP contribution in [0.3, 0.4) is 0 Å². The number of methoxy groups -OCH3 is 1. The highest BCUT2D eigenvalue weighted by Gasteiger charge is 2.27. The predicted octanol–water partition coefficient (Wildman–Crippen LogP) is 3.35. The van der Waals surface area contributed by atoms with Crippen LogP contribution in [0.2, 0.25) is 0 Å². The Morgan fingerprint density at radius 1 is 1.26 bits per heavy atom. The number of benzene rings is 1. The zero-order valence-electron chi connectivity index (χ0n) is 13.9. The molecule has 1 saturated carbocycles. The number of hydrogen-bond donors (Lipinski definition) is 2. The molecule has 0 heterocycles. The average molecular weight is 317 g/mol. The van der Waals surface area contributed by atoms with Gasteiger partial charge in [0.15, 0.2) is 0 Å². The van der Waals surface area contributed by atoms with Crippen LogP contribution in [-0.4, -0.2) is 30.8 Å². The highest BCUT2D eigenvalue weighted by atomic mass is 16.5. The Labute approximate surface area is 138 Å². The molecule has 3 rings (SSSR count). The van der Waals surface area contributed by atoms with Crippen LogP contribution in [0.4, 0.5) is 0 Å². The van der Waals surface area contributed by atoms with E-state index in [-0.39, 0.29) is 5.92 Å². The van der Waals surface area contributed by atoms with E-state index in [1.807, 2.05) is 0 Å². The molecule has 1 atom stereocenters. The van der Waals surface area contributed by atoms with E-state index in [4.69, 9.17) is 9.84 Å². The first-order chi connectivity index (χ1) is 11.2. The summed E-state index contributed by atoms with van der Waals surface area (Å²) >= 11 is 0. The summed E-state index contributed by atoms with van der Waals surface area (Å²) in [4.78, 5) is 11.0. The topological polar surface area (TPSA) is 58.6 Å². The zero-order valence-corrected chi connectivity index (χ0v) is 13.9. The third-order valence-electron chi connectivity index (χ3n) is 5.52. The van der Waals surface area contributed by atoms with Crippen molar-refractivity contribution in [3.05, 3.63) is 29.3 Å². The van der Waals surface area contributed by atoms with Gasteiger partial charge in [-0.05, 0) is 74.1 Å². The van der Waals surface area contributed by atoms with Gasteiger partial charge in [-0.15, -0.1) is 0 Å². The van der Waals surface area contributed by atoms with Gasteiger partial charge < -0.3 is 15.2 Å². The van der Waals surface area contributed by atoms with Gasteiger partial charge in [0, 0.05) is 12.6 Å². The molecular formula is C19H27NO3. The summed E-state index contributed by atoms with van der Waals surface area (Å²) < 4.78 is 5.34. The lowest BCUT2D eigenvalue weighted by atomic mass is 9.81. The summed E-state index contributed by atoms with van der Waals surface area (Å²) in [5.41, 5.74) is 2.89. The quantitative estimate of drug-likeness (QED) is 0.874. The highest BCUT2D eigenvalue weighted by molar-refractivity contribution is 5.70. The molecule has 0 aromatic heterocycles. The van der Waals surface area contributed by atoms with Crippen LogP contribution in [0, 0.1) is 5.92 Å². The maximum Gasteiger partial charge on any atom is 0.306 e. The van der Waals surface area contributed by atoms with Crippen molar-refractivity contribution in [2.45, 2.75) is 56.9 Å². The maximum absolute atomic E-state index is 11.0. The predicted molar refractivity (Wildman–Crippen MR) is 90.1 cm³/mol. The van der Waals surface area contributed by atoms with E-state index in [9.17, 15) is 4.79 Å². The van der Waals surface area contributed by atoms with Gasteiger partial charge in [0.2, 0.25) is 0 Å². The van der Waals surface area contributed by atoms with E-state index < -0.39 is 5.97 Å². The van der Waals surface area contributed by atoms with Crippen LogP contribution in [0.1, 0.15) is 55.6 Å². The third-order valence-corrected chi connectivity index (χ3v) is 5.52. The van der Waals surface area contributed by atoms with Gasteiger partial charge in [-0.2, -0.15) is 0 Å². The largest absolute Gasteiger partial charge is 0.497 e. The second-order valence-corrected chi connectivity index (χ2v) is 6.95. The van der Waals surface area contributed by atoms with Crippen molar-refractivity contribution < 1.29 is 14.6 Å². The van der Waals surface area contributed by atoms with Gasteiger partial charge >= 0.3 is 5.97 Å². The molecule has 0 spiro atoms. The lowest BCUT2D eigenvalue weighted by Crippen LogP contribution is -2.37. The number of carbonyl (C=O) groups is 1. The van der Waals surface area contributed by atoms with Crippen LogP contribution in [0.15, 0.2) is 18.2 Å². The molecule has 0 amide bonds. The Morgan fingerprint density at radius 2 is 2.04 bits per heavy atom. The number of aliphatic carboxylic acids is 1. The number of hydrogen-bond acceptors (Lipinski definition) is 3. The highest BCUT2D eigenvalue weighted by Crippen LogP contribution is 2.34. The molecular weight excluding hydrogens is 290 g/mol. The molecule has 4 nitrogen and oxygen atoms in total. The molecule has 0 radical (unpaired) electrons. The van der Waals surface area contributed by atoms with Gasteiger partial charge in [0.1, 0.15) is 5.75 Å². The Kier molecular flexibility index (Phi) is 5.21. The third kappa shape index (κ3) is 3.86. The van der Waals surface area contributed by atoms with Crippen molar-refractivity contribution in [1.82, 2.24) is 5.32 Å². The molecule has 2 aliphatic carbocycles. The van der Waals surface area contributed by atoms with Crippen molar-refractivity contribution in [1.29, 1.82) is 0 Å². The standard InChI is InChI=1S/C19H27NO3/c1-23-17-9-10-18-14(11-17)3-2-4-15(18)12-20-16-7-5-13(6-8-16)19(21)22/h9-11,13,15-16,20H,2-8,12H2,1H3,(H,21,22). The second-order valence-electron chi connectivity index (χ2n) is 6.95. The molecule has 0 saturated heterocycles. The lowest BCUT2D eigenvalue weighted by molar-refractivity contribution is -0.142. The molecule has 1 unspecified atom stereocenters. The summed E-state index contributed by atoms with van der Waals surface area (Å²) in [6.07, 6.45) is 7.21. The van der Waals surface area contributed by atoms with Gasteiger partial charge in [0.25, 0.3) is 0 Å². The fourth-order valence-corrected chi connectivity index (χ4v) is 4.08. The lowest BCUT2D eigenvalue weighted by Gasteiger charge is -2.31. The first kappa shape index (κ1) is 16.3. The number of ether oxygens (including phenoxy) is 1. The van der Waals surface area contributed by atoms with Crippen molar-refractivity contribution >= 4 is 5.97 Å². The second kappa shape index (κ2) is 7.35. The fourth-order valence-electron chi connectivity index (χ4n) is 4.08. The van der Waals surface area contributed by atoms with E-state index in [2.05, 4.69) is 23.5 Å². The first-order valence-electron chi connectivity index (χ1n) is 8.80. The summed E-state index contributed by atoms with van der Waals surface area (Å²) in [6.45, 7) is 1.00. The van der Waals surface area contributed by atoms with Crippen LogP contribution in [-0.2, 0) is 11.2 Å². The van der Waals surface area contributed by atoms with Gasteiger partial charge in [-0.3, -0.25) is 4.79 Å². The Hall–Kier alpha value is -1.55. The number of fused-ring (bicyclic) bond motifs is 1. The van der Waals surface area contributed by atoms with Gasteiger partial charge in [-0.25, -0.2) is 0 Å².